The van der Waals surface area contributed by atoms with Crippen LogP contribution in [0.15, 0.2) is 94.3 Å². The first kappa shape index (κ1) is 22.4. The zero-order chi connectivity index (χ0) is 24.6. The summed E-state index contributed by atoms with van der Waals surface area (Å²) in [4.78, 5) is 18.4. The van der Waals surface area contributed by atoms with E-state index in [1.54, 1.807) is 7.11 Å². The van der Waals surface area contributed by atoms with Crippen molar-refractivity contribution in [2.45, 2.75) is 0 Å². The van der Waals surface area contributed by atoms with Crippen LogP contribution in [0.3, 0.4) is 0 Å². The summed E-state index contributed by atoms with van der Waals surface area (Å²) in [5.74, 6) is 1.26. The number of aromatic nitrogens is 5. The first-order valence-corrected chi connectivity index (χ1v) is 12.7. The van der Waals surface area contributed by atoms with E-state index in [2.05, 4.69) is 26.0 Å². The van der Waals surface area contributed by atoms with Gasteiger partial charge in [-0.1, -0.05) is 59.9 Å². The van der Waals surface area contributed by atoms with Gasteiger partial charge in [-0.3, -0.25) is 4.79 Å². The lowest BCUT2D eigenvalue weighted by molar-refractivity contribution is 0.412. The minimum Gasteiger partial charge on any atom is -0.496 e. The van der Waals surface area contributed by atoms with Gasteiger partial charge in [-0.05, 0) is 52.3 Å². The molecule has 7 nitrogen and oxygen atoms in total. The van der Waals surface area contributed by atoms with Crippen LogP contribution in [-0.4, -0.2) is 31.5 Å². The molecule has 3 aromatic heterocycles. The van der Waals surface area contributed by atoms with Crippen molar-refractivity contribution in [3.05, 3.63) is 110 Å². The largest absolute Gasteiger partial charge is 0.496 e. The normalized spacial score (nSPS) is 11.9. The van der Waals surface area contributed by atoms with E-state index in [4.69, 9.17) is 9.84 Å². The minimum absolute atomic E-state index is 0.209. The number of ether oxygens (including phenoxy) is 1. The van der Waals surface area contributed by atoms with E-state index in [-0.39, 0.29) is 5.56 Å². The number of nitrogens with zero attached hydrogens (tertiary/aromatic N) is 5. The first-order valence-electron chi connectivity index (χ1n) is 11.1. The molecule has 0 N–H and O–H groups in total. The maximum atomic E-state index is 13.2. The molecule has 0 fully saturated rings. The molecule has 0 aliphatic heterocycles. The molecule has 36 heavy (non-hydrogen) atoms. The Labute approximate surface area is 218 Å². The van der Waals surface area contributed by atoms with Crippen molar-refractivity contribution in [3.8, 4) is 34.1 Å². The second kappa shape index (κ2) is 9.18. The molecule has 0 radical (unpaired) electrons. The van der Waals surface area contributed by atoms with E-state index in [1.807, 2.05) is 95.8 Å². The summed E-state index contributed by atoms with van der Waals surface area (Å²) in [6.07, 6.45) is 3.78. The summed E-state index contributed by atoms with van der Waals surface area (Å²) in [7, 11) is 1.63. The number of hydrogen-bond donors (Lipinski definition) is 0. The highest BCUT2D eigenvalue weighted by molar-refractivity contribution is 9.10. The van der Waals surface area contributed by atoms with Crippen molar-refractivity contribution in [1.82, 2.24) is 24.4 Å². The summed E-state index contributed by atoms with van der Waals surface area (Å²) in [6, 6.07) is 25.3. The fraction of sp³-hybridized carbons (Fsp3) is 0.0370. The lowest BCUT2D eigenvalue weighted by atomic mass is 10.1. The van der Waals surface area contributed by atoms with Crippen LogP contribution < -0.4 is 14.8 Å². The third kappa shape index (κ3) is 4.02. The Balaban J connectivity index is 1.50. The molecule has 9 heteroatoms. The molecule has 3 heterocycles. The van der Waals surface area contributed by atoms with Crippen LogP contribution in [-0.2, 0) is 0 Å². The smallest absolute Gasteiger partial charge is 0.291 e. The lowest BCUT2D eigenvalue weighted by Crippen LogP contribution is -2.23. The topological polar surface area (TPSA) is 74.3 Å². The van der Waals surface area contributed by atoms with Crippen LogP contribution >= 0.6 is 27.3 Å². The Morgan fingerprint density at radius 3 is 2.39 bits per heavy atom. The Kier molecular flexibility index (Phi) is 5.71. The number of benzene rings is 3. The number of para-hydroxylation sites is 1. The second-order valence-corrected chi connectivity index (χ2v) is 9.84. The van der Waals surface area contributed by atoms with E-state index in [9.17, 15) is 4.79 Å². The van der Waals surface area contributed by atoms with Crippen molar-refractivity contribution in [3.63, 3.8) is 0 Å². The van der Waals surface area contributed by atoms with Crippen molar-refractivity contribution in [2.24, 2.45) is 0 Å². The third-order valence-electron chi connectivity index (χ3n) is 5.69. The molecule has 0 saturated heterocycles. The maximum Gasteiger partial charge on any atom is 0.291 e. The summed E-state index contributed by atoms with van der Waals surface area (Å²) in [5.41, 5.74) is 4.02. The molecule has 0 unspecified atom stereocenters. The van der Waals surface area contributed by atoms with E-state index in [0.717, 1.165) is 38.3 Å². The molecule has 0 bridgehead atoms. The number of methoxy groups -OCH3 is 1. The van der Waals surface area contributed by atoms with Crippen LogP contribution in [0.25, 0.3) is 39.4 Å². The standard InChI is InChI=1S/C27H18BrN5O2S/c1-35-22-13-12-18(14-21(22)28)24-19(16-32(30-24)20-10-6-3-7-11-20)15-23-26(34)33-27(36-23)29-25(31-33)17-8-4-2-5-9-17/h2-16H,1H3. The molecule has 0 atom stereocenters. The van der Waals surface area contributed by atoms with Crippen molar-refractivity contribution in [1.29, 1.82) is 0 Å². The molecule has 0 aliphatic carbocycles. The van der Waals surface area contributed by atoms with Gasteiger partial charge in [0, 0.05) is 22.9 Å². The third-order valence-corrected chi connectivity index (χ3v) is 7.27. The highest BCUT2D eigenvalue weighted by atomic mass is 79.9. The minimum atomic E-state index is -0.209. The van der Waals surface area contributed by atoms with Gasteiger partial charge in [-0.2, -0.15) is 14.6 Å². The van der Waals surface area contributed by atoms with Gasteiger partial charge in [0.05, 0.1) is 21.8 Å². The Hall–Kier alpha value is -4.08. The van der Waals surface area contributed by atoms with Gasteiger partial charge in [0.15, 0.2) is 5.82 Å². The van der Waals surface area contributed by atoms with Crippen LogP contribution in [0, 0.1) is 0 Å². The zero-order valence-corrected chi connectivity index (χ0v) is 21.4. The number of halogens is 1. The number of rotatable bonds is 5. The lowest BCUT2D eigenvalue weighted by Gasteiger charge is -2.05. The Bertz CT molecular complexity index is 1810. The van der Waals surface area contributed by atoms with E-state index >= 15 is 0 Å². The summed E-state index contributed by atoms with van der Waals surface area (Å²) in [6.45, 7) is 0. The first-order chi connectivity index (χ1) is 17.6. The Morgan fingerprint density at radius 2 is 1.69 bits per heavy atom. The molecular weight excluding hydrogens is 538 g/mol. The van der Waals surface area contributed by atoms with Crippen molar-refractivity contribution >= 4 is 38.3 Å². The fourth-order valence-corrected chi connectivity index (χ4v) is 5.37. The summed E-state index contributed by atoms with van der Waals surface area (Å²) < 4.78 is 9.91. The van der Waals surface area contributed by atoms with Crippen LogP contribution in [0.4, 0.5) is 0 Å². The average molecular weight is 556 g/mol. The van der Waals surface area contributed by atoms with Gasteiger partial charge in [-0.25, -0.2) is 4.68 Å². The number of hydrogen-bond acceptors (Lipinski definition) is 6. The van der Waals surface area contributed by atoms with Crippen LogP contribution in [0.5, 0.6) is 5.75 Å². The second-order valence-electron chi connectivity index (χ2n) is 7.97. The molecular formula is C27H18BrN5O2S. The molecule has 176 valence electrons. The van der Waals surface area contributed by atoms with Crippen LogP contribution in [0.2, 0.25) is 0 Å². The predicted molar refractivity (Wildman–Crippen MR) is 145 cm³/mol. The fourth-order valence-electron chi connectivity index (χ4n) is 3.93. The highest BCUT2D eigenvalue weighted by Gasteiger charge is 2.16. The van der Waals surface area contributed by atoms with Crippen molar-refractivity contribution in [2.75, 3.05) is 7.11 Å². The average Bonchev–Trinajstić information content (AvgIpc) is 3.60. The van der Waals surface area contributed by atoms with Gasteiger partial charge in [0.2, 0.25) is 4.96 Å². The van der Waals surface area contributed by atoms with Gasteiger partial charge in [0.1, 0.15) is 11.4 Å². The number of thiazole rings is 1. The quantitative estimate of drug-likeness (QED) is 0.299. The Morgan fingerprint density at radius 1 is 0.944 bits per heavy atom. The van der Waals surface area contributed by atoms with Gasteiger partial charge >= 0.3 is 0 Å². The SMILES string of the molecule is COc1ccc(-c2nn(-c3ccccc3)cc2C=c2sc3nc(-c4ccccc4)nn3c2=O)cc1Br. The molecule has 6 aromatic rings. The van der Waals surface area contributed by atoms with E-state index in [0.29, 0.717) is 15.3 Å². The van der Waals surface area contributed by atoms with Gasteiger partial charge in [-0.15, -0.1) is 5.10 Å². The number of fused-ring (bicyclic) bond motifs is 1. The van der Waals surface area contributed by atoms with Crippen molar-refractivity contribution < 1.29 is 4.74 Å². The van der Waals surface area contributed by atoms with E-state index < -0.39 is 0 Å². The van der Waals surface area contributed by atoms with Gasteiger partial charge < -0.3 is 4.74 Å². The maximum absolute atomic E-state index is 13.2. The van der Waals surface area contributed by atoms with E-state index in [1.165, 1.54) is 15.9 Å². The molecule has 0 saturated carbocycles. The zero-order valence-electron chi connectivity index (χ0n) is 19.0. The van der Waals surface area contributed by atoms with Crippen LogP contribution in [0.1, 0.15) is 5.56 Å². The summed E-state index contributed by atoms with van der Waals surface area (Å²) in [5, 5.41) is 9.31. The highest BCUT2D eigenvalue weighted by Crippen LogP contribution is 2.32. The molecule has 0 aliphatic rings. The molecule has 6 rings (SSSR count). The molecule has 0 spiro atoms. The summed E-state index contributed by atoms with van der Waals surface area (Å²) >= 11 is 4.87. The molecule has 0 amide bonds. The monoisotopic (exact) mass is 555 g/mol. The predicted octanol–water partition coefficient (Wildman–Crippen LogP) is 4.99. The van der Waals surface area contributed by atoms with Gasteiger partial charge in [0.25, 0.3) is 5.56 Å². The molecule has 3 aromatic carbocycles.